The topological polar surface area (TPSA) is 71.6 Å². The fourth-order valence-electron chi connectivity index (χ4n) is 2.95. The third-order valence-corrected chi connectivity index (χ3v) is 4.69. The van der Waals surface area contributed by atoms with Crippen molar-refractivity contribution in [2.75, 3.05) is 14.2 Å². The van der Waals surface area contributed by atoms with E-state index in [0.717, 1.165) is 11.1 Å². The zero-order valence-corrected chi connectivity index (χ0v) is 15.5. The average molecular weight is 376 g/mol. The average Bonchev–Trinajstić information content (AvgIpc) is 3.16. The summed E-state index contributed by atoms with van der Waals surface area (Å²) in [6.45, 7) is 0.385. The van der Waals surface area contributed by atoms with Crippen molar-refractivity contribution < 1.29 is 14.3 Å². The highest BCUT2D eigenvalue weighted by Gasteiger charge is 2.30. The van der Waals surface area contributed by atoms with E-state index in [2.05, 4.69) is 16.2 Å². The summed E-state index contributed by atoms with van der Waals surface area (Å²) in [6.07, 6.45) is 0.660. The second kappa shape index (κ2) is 8.40. The molecular weight excluding hydrogens is 354 g/mol. The molecule has 2 aromatic carbocycles. The molecule has 0 spiro atoms. The summed E-state index contributed by atoms with van der Waals surface area (Å²) in [5.74, 6) is 1.33. The summed E-state index contributed by atoms with van der Waals surface area (Å²) in [4.78, 5) is 12.5. The number of carbonyl (C=O) groups excluding carboxylic acids is 1. The van der Waals surface area contributed by atoms with Gasteiger partial charge in [-0.1, -0.05) is 23.7 Å². The molecule has 1 amide bonds. The van der Waals surface area contributed by atoms with Crippen LogP contribution >= 0.6 is 11.6 Å². The lowest BCUT2D eigenvalue weighted by molar-refractivity contribution is -0.123. The van der Waals surface area contributed by atoms with Gasteiger partial charge in [-0.3, -0.25) is 4.79 Å². The molecule has 3 rings (SSSR count). The van der Waals surface area contributed by atoms with Gasteiger partial charge < -0.3 is 14.8 Å². The lowest BCUT2D eigenvalue weighted by Gasteiger charge is -2.13. The molecule has 2 unspecified atom stereocenters. The van der Waals surface area contributed by atoms with Crippen LogP contribution in [0.4, 0.5) is 0 Å². The molecule has 1 fully saturated rings. The Morgan fingerprint density at radius 3 is 2.62 bits per heavy atom. The highest BCUT2D eigenvalue weighted by atomic mass is 35.5. The van der Waals surface area contributed by atoms with E-state index in [4.69, 9.17) is 21.1 Å². The Bertz CT molecular complexity index is 767. The molecule has 2 aromatic rings. The number of amides is 1. The van der Waals surface area contributed by atoms with E-state index in [0.29, 0.717) is 29.5 Å². The van der Waals surface area contributed by atoms with Crippen LogP contribution in [-0.4, -0.2) is 26.2 Å². The minimum Gasteiger partial charge on any atom is -0.497 e. The first kappa shape index (κ1) is 18.5. The highest BCUT2D eigenvalue weighted by molar-refractivity contribution is 6.30. The van der Waals surface area contributed by atoms with Gasteiger partial charge in [0.2, 0.25) is 5.91 Å². The van der Waals surface area contributed by atoms with Crippen molar-refractivity contribution in [2.24, 2.45) is 0 Å². The first-order chi connectivity index (χ1) is 12.6. The Hall–Kier alpha value is -2.28. The monoisotopic (exact) mass is 375 g/mol. The number of nitrogens with one attached hydrogen (secondary N) is 3. The van der Waals surface area contributed by atoms with E-state index in [1.165, 1.54) is 0 Å². The maximum atomic E-state index is 12.5. The Labute approximate surface area is 157 Å². The lowest BCUT2D eigenvalue weighted by Crippen LogP contribution is -2.42. The summed E-state index contributed by atoms with van der Waals surface area (Å²) in [5.41, 5.74) is 8.20. The Morgan fingerprint density at radius 1 is 1.15 bits per heavy atom. The standard InChI is InChI=1S/C19H22ClN3O3/c1-25-15-8-5-13(18(9-15)26-2)11-21-19(24)17-10-16(22-23-17)12-3-6-14(20)7-4-12/h3-9,16-17,22-23H,10-11H2,1-2H3,(H,21,24). The van der Waals surface area contributed by atoms with Gasteiger partial charge in [0.25, 0.3) is 0 Å². The largest absolute Gasteiger partial charge is 0.497 e. The van der Waals surface area contributed by atoms with Crippen LogP contribution in [-0.2, 0) is 11.3 Å². The number of hydrogen-bond acceptors (Lipinski definition) is 5. The van der Waals surface area contributed by atoms with Crippen molar-refractivity contribution in [1.29, 1.82) is 0 Å². The van der Waals surface area contributed by atoms with Gasteiger partial charge in [0.1, 0.15) is 17.5 Å². The van der Waals surface area contributed by atoms with E-state index < -0.39 is 0 Å². The summed E-state index contributed by atoms with van der Waals surface area (Å²) in [5, 5.41) is 3.65. The number of methoxy groups -OCH3 is 2. The molecule has 7 heteroatoms. The van der Waals surface area contributed by atoms with E-state index in [1.807, 2.05) is 36.4 Å². The van der Waals surface area contributed by atoms with Gasteiger partial charge in [0.05, 0.1) is 14.2 Å². The Kier molecular flexibility index (Phi) is 5.98. The maximum absolute atomic E-state index is 12.5. The zero-order chi connectivity index (χ0) is 18.5. The van der Waals surface area contributed by atoms with Gasteiger partial charge in [-0.05, 0) is 36.2 Å². The number of hydrogen-bond donors (Lipinski definition) is 3. The van der Waals surface area contributed by atoms with Crippen molar-refractivity contribution in [3.8, 4) is 11.5 Å². The lowest BCUT2D eigenvalue weighted by atomic mass is 10.0. The van der Waals surface area contributed by atoms with Gasteiger partial charge in [0, 0.05) is 29.2 Å². The molecule has 1 aliphatic rings. The molecule has 0 radical (unpaired) electrons. The van der Waals surface area contributed by atoms with Crippen molar-refractivity contribution in [1.82, 2.24) is 16.2 Å². The molecular formula is C19H22ClN3O3. The molecule has 0 saturated carbocycles. The molecule has 138 valence electrons. The molecule has 26 heavy (non-hydrogen) atoms. The van der Waals surface area contributed by atoms with E-state index in [-0.39, 0.29) is 18.0 Å². The molecule has 0 aliphatic carbocycles. The fourth-order valence-corrected chi connectivity index (χ4v) is 3.07. The van der Waals surface area contributed by atoms with Crippen LogP contribution in [0.5, 0.6) is 11.5 Å². The van der Waals surface area contributed by atoms with Crippen LogP contribution in [0.3, 0.4) is 0 Å². The number of benzene rings is 2. The van der Waals surface area contributed by atoms with Crippen LogP contribution < -0.4 is 25.6 Å². The molecule has 3 N–H and O–H groups in total. The second-order valence-corrected chi connectivity index (χ2v) is 6.51. The third-order valence-electron chi connectivity index (χ3n) is 4.44. The number of hydrazine groups is 1. The summed E-state index contributed by atoms with van der Waals surface area (Å²) >= 11 is 5.92. The Balaban J connectivity index is 1.57. The van der Waals surface area contributed by atoms with Crippen LogP contribution in [0.25, 0.3) is 0 Å². The zero-order valence-electron chi connectivity index (χ0n) is 14.7. The van der Waals surface area contributed by atoms with Crippen LogP contribution in [0, 0.1) is 0 Å². The maximum Gasteiger partial charge on any atom is 0.238 e. The molecule has 6 nitrogen and oxygen atoms in total. The SMILES string of the molecule is COc1ccc(CNC(=O)C2CC(c3ccc(Cl)cc3)NN2)c(OC)c1. The second-order valence-electron chi connectivity index (χ2n) is 6.08. The normalized spacial score (nSPS) is 19.2. The van der Waals surface area contributed by atoms with Gasteiger partial charge >= 0.3 is 0 Å². The molecule has 0 bridgehead atoms. The summed E-state index contributed by atoms with van der Waals surface area (Å²) in [7, 11) is 3.20. The molecule has 0 aromatic heterocycles. The first-order valence-corrected chi connectivity index (χ1v) is 8.73. The van der Waals surface area contributed by atoms with Crippen LogP contribution in [0.1, 0.15) is 23.6 Å². The predicted molar refractivity (Wildman–Crippen MR) is 100 cm³/mol. The van der Waals surface area contributed by atoms with Crippen molar-refractivity contribution in [3.63, 3.8) is 0 Å². The predicted octanol–water partition coefficient (Wildman–Crippen LogP) is 2.58. The molecule has 1 heterocycles. The summed E-state index contributed by atoms with van der Waals surface area (Å²) < 4.78 is 10.5. The number of rotatable bonds is 6. The van der Waals surface area contributed by atoms with Gasteiger partial charge in [-0.15, -0.1) is 0 Å². The minimum absolute atomic E-state index is 0.0631. The number of halogens is 1. The molecule has 1 saturated heterocycles. The number of ether oxygens (including phenoxy) is 2. The third kappa shape index (κ3) is 4.27. The van der Waals surface area contributed by atoms with Crippen molar-refractivity contribution in [2.45, 2.75) is 25.0 Å². The number of carbonyl (C=O) groups is 1. The van der Waals surface area contributed by atoms with Crippen LogP contribution in [0.2, 0.25) is 5.02 Å². The quantitative estimate of drug-likeness (QED) is 0.724. The molecule has 1 aliphatic heterocycles. The highest BCUT2D eigenvalue weighted by Crippen LogP contribution is 2.25. The van der Waals surface area contributed by atoms with Gasteiger partial charge in [0.15, 0.2) is 0 Å². The van der Waals surface area contributed by atoms with Gasteiger partial charge in [-0.25, -0.2) is 10.9 Å². The van der Waals surface area contributed by atoms with E-state index in [1.54, 1.807) is 20.3 Å². The smallest absolute Gasteiger partial charge is 0.238 e. The fraction of sp³-hybridized carbons (Fsp3) is 0.316. The van der Waals surface area contributed by atoms with E-state index >= 15 is 0 Å². The Morgan fingerprint density at radius 2 is 1.92 bits per heavy atom. The van der Waals surface area contributed by atoms with Gasteiger partial charge in [-0.2, -0.15) is 0 Å². The minimum atomic E-state index is -0.306. The van der Waals surface area contributed by atoms with Crippen LogP contribution in [0.15, 0.2) is 42.5 Å². The first-order valence-electron chi connectivity index (χ1n) is 8.36. The van der Waals surface area contributed by atoms with Crippen molar-refractivity contribution in [3.05, 3.63) is 58.6 Å². The van der Waals surface area contributed by atoms with E-state index in [9.17, 15) is 4.79 Å². The van der Waals surface area contributed by atoms with Crippen molar-refractivity contribution >= 4 is 17.5 Å². The summed E-state index contributed by atoms with van der Waals surface area (Å²) in [6, 6.07) is 12.9. The molecule has 2 atom stereocenters.